The van der Waals surface area contributed by atoms with Crippen LogP contribution in [0, 0.1) is 10.1 Å². The summed E-state index contributed by atoms with van der Waals surface area (Å²) in [4.78, 5) is 22.4. The summed E-state index contributed by atoms with van der Waals surface area (Å²) in [5, 5.41) is 13.7. The fourth-order valence-corrected chi connectivity index (χ4v) is 4.08. The third-order valence-corrected chi connectivity index (χ3v) is 5.84. The molecule has 9 nitrogen and oxygen atoms in total. The summed E-state index contributed by atoms with van der Waals surface area (Å²) in [6.07, 6.45) is 3.51. The molecule has 0 heterocycles. The fraction of sp³-hybridized carbons (Fsp3) is 0.409. The van der Waals surface area contributed by atoms with Gasteiger partial charge in [0.05, 0.1) is 23.4 Å². The Balaban J connectivity index is 1.77. The molecule has 0 atom stereocenters. The van der Waals surface area contributed by atoms with Crippen LogP contribution in [-0.2, 0) is 21.2 Å². The van der Waals surface area contributed by atoms with E-state index in [1.807, 2.05) is 24.3 Å². The minimum absolute atomic E-state index is 0.0357. The summed E-state index contributed by atoms with van der Waals surface area (Å²) in [5.74, 6) is 0.513. The standard InChI is InChI=1S/C22H29N3O6S/c1-3-6-18-10-12-21(13-11-18)31-16-14-23-22(26)9-5-15-24(32(2,29)30)19-7-4-8-20(17-19)25(27)28/h4,7-8,10-13,17H,3,5-6,9,14-16H2,1-2H3,(H,23,26). The van der Waals surface area contributed by atoms with Crippen LogP contribution in [0.3, 0.4) is 0 Å². The molecule has 0 aliphatic carbocycles. The third kappa shape index (κ3) is 8.18. The van der Waals surface area contributed by atoms with Crippen molar-refractivity contribution in [1.82, 2.24) is 5.32 Å². The summed E-state index contributed by atoms with van der Waals surface area (Å²) >= 11 is 0. The molecule has 1 N–H and O–H groups in total. The molecule has 0 spiro atoms. The Kier molecular flexibility index (Phi) is 9.45. The van der Waals surface area contributed by atoms with Crippen LogP contribution in [0.2, 0.25) is 0 Å². The number of rotatable bonds is 13. The summed E-state index contributed by atoms with van der Waals surface area (Å²) < 4.78 is 30.9. The largest absolute Gasteiger partial charge is 0.492 e. The molecular weight excluding hydrogens is 434 g/mol. The highest BCUT2D eigenvalue weighted by molar-refractivity contribution is 7.92. The van der Waals surface area contributed by atoms with E-state index in [2.05, 4.69) is 12.2 Å². The van der Waals surface area contributed by atoms with Crippen molar-refractivity contribution in [2.45, 2.75) is 32.6 Å². The van der Waals surface area contributed by atoms with Crippen molar-refractivity contribution in [2.24, 2.45) is 0 Å². The number of hydrogen-bond acceptors (Lipinski definition) is 6. The second kappa shape index (κ2) is 12.0. The molecule has 2 aromatic rings. The van der Waals surface area contributed by atoms with Gasteiger partial charge < -0.3 is 10.1 Å². The monoisotopic (exact) mass is 463 g/mol. The SMILES string of the molecule is CCCc1ccc(OCCNC(=O)CCCN(c2cccc([N+](=O)[O-])c2)S(C)(=O)=O)cc1. The second-order valence-electron chi connectivity index (χ2n) is 7.31. The number of aryl methyl sites for hydroxylation is 1. The number of nitro groups is 1. The Hall–Kier alpha value is -3.14. The van der Waals surface area contributed by atoms with E-state index < -0.39 is 14.9 Å². The van der Waals surface area contributed by atoms with Crippen LogP contribution in [-0.4, -0.2) is 45.2 Å². The molecule has 0 unspecified atom stereocenters. The molecule has 2 rings (SSSR count). The van der Waals surface area contributed by atoms with E-state index in [9.17, 15) is 23.3 Å². The van der Waals surface area contributed by atoms with Crippen molar-refractivity contribution in [2.75, 3.05) is 30.3 Å². The topological polar surface area (TPSA) is 119 Å². The Morgan fingerprint density at radius 2 is 1.91 bits per heavy atom. The molecule has 0 radical (unpaired) electrons. The molecule has 0 aromatic heterocycles. The normalized spacial score (nSPS) is 11.1. The zero-order chi connectivity index (χ0) is 23.6. The first kappa shape index (κ1) is 25.1. The van der Waals surface area contributed by atoms with E-state index in [1.54, 1.807) is 0 Å². The van der Waals surface area contributed by atoms with Gasteiger partial charge in [0, 0.05) is 25.1 Å². The van der Waals surface area contributed by atoms with Gasteiger partial charge in [0.15, 0.2) is 0 Å². The van der Waals surface area contributed by atoms with Crippen LogP contribution in [0.5, 0.6) is 5.75 Å². The summed E-state index contributed by atoms with van der Waals surface area (Å²) in [6, 6.07) is 13.3. The highest BCUT2D eigenvalue weighted by atomic mass is 32.2. The Morgan fingerprint density at radius 1 is 1.19 bits per heavy atom. The average Bonchev–Trinajstić information content (AvgIpc) is 2.75. The number of anilines is 1. The lowest BCUT2D eigenvalue weighted by molar-refractivity contribution is -0.384. The number of nitrogens with one attached hydrogen (secondary N) is 1. The number of carbonyl (C=O) groups is 1. The summed E-state index contributed by atoms with van der Waals surface area (Å²) in [7, 11) is -3.66. The molecule has 0 aliphatic heterocycles. The molecule has 0 saturated heterocycles. The number of non-ortho nitro benzene ring substituents is 1. The van der Waals surface area contributed by atoms with Crippen molar-refractivity contribution in [3.63, 3.8) is 0 Å². The molecule has 0 saturated carbocycles. The number of carbonyl (C=O) groups excluding carboxylic acids is 1. The maximum Gasteiger partial charge on any atom is 0.271 e. The average molecular weight is 464 g/mol. The van der Waals surface area contributed by atoms with Gasteiger partial charge in [-0.3, -0.25) is 19.2 Å². The van der Waals surface area contributed by atoms with Crippen LogP contribution in [0.1, 0.15) is 31.7 Å². The van der Waals surface area contributed by atoms with Crippen molar-refractivity contribution >= 4 is 27.3 Å². The first-order valence-electron chi connectivity index (χ1n) is 10.4. The third-order valence-electron chi connectivity index (χ3n) is 4.65. The minimum Gasteiger partial charge on any atom is -0.492 e. The van der Waals surface area contributed by atoms with Crippen LogP contribution >= 0.6 is 0 Å². The number of benzene rings is 2. The molecule has 2 aromatic carbocycles. The number of nitro benzene ring substituents is 1. The predicted octanol–water partition coefficient (Wildman–Crippen LogP) is 3.29. The van der Waals surface area contributed by atoms with Crippen LogP contribution in [0.15, 0.2) is 48.5 Å². The molecule has 10 heteroatoms. The molecule has 0 fully saturated rings. The van der Waals surface area contributed by atoms with Crippen molar-refractivity contribution in [3.8, 4) is 5.75 Å². The van der Waals surface area contributed by atoms with Gasteiger partial charge >= 0.3 is 0 Å². The number of amides is 1. The number of hydrogen-bond donors (Lipinski definition) is 1. The second-order valence-corrected chi connectivity index (χ2v) is 9.21. The van der Waals surface area contributed by atoms with Crippen molar-refractivity contribution in [3.05, 3.63) is 64.2 Å². The van der Waals surface area contributed by atoms with Gasteiger partial charge in [0.1, 0.15) is 12.4 Å². The van der Waals surface area contributed by atoms with E-state index in [4.69, 9.17) is 4.74 Å². The van der Waals surface area contributed by atoms with Crippen LogP contribution in [0.25, 0.3) is 0 Å². The van der Waals surface area contributed by atoms with E-state index >= 15 is 0 Å². The zero-order valence-corrected chi connectivity index (χ0v) is 19.1. The number of sulfonamides is 1. The summed E-state index contributed by atoms with van der Waals surface area (Å²) in [6.45, 7) is 2.81. The zero-order valence-electron chi connectivity index (χ0n) is 18.3. The molecule has 32 heavy (non-hydrogen) atoms. The van der Waals surface area contributed by atoms with Gasteiger partial charge in [-0.25, -0.2) is 8.42 Å². The lowest BCUT2D eigenvalue weighted by Gasteiger charge is -2.22. The van der Waals surface area contributed by atoms with E-state index in [1.165, 1.54) is 29.8 Å². The van der Waals surface area contributed by atoms with Crippen molar-refractivity contribution < 1.29 is 22.9 Å². The first-order chi connectivity index (χ1) is 15.2. The fourth-order valence-electron chi connectivity index (χ4n) is 3.12. The van der Waals surface area contributed by atoms with E-state index in [-0.39, 0.29) is 36.7 Å². The highest BCUT2D eigenvalue weighted by Crippen LogP contribution is 2.23. The molecule has 0 aliphatic rings. The quantitative estimate of drug-likeness (QED) is 0.277. The molecule has 174 valence electrons. The maximum atomic E-state index is 12.1. The van der Waals surface area contributed by atoms with Gasteiger partial charge in [-0.2, -0.15) is 0 Å². The number of nitrogens with zero attached hydrogens (tertiary/aromatic N) is 2. The predicted molar refractivity (Wildman–Crippen MR) is 123 cm³/mol. The Labute approximate surface area is 188 Å². The lowest BCUT2D eigenvalue weighted by atomic mass is 10.1. The lowest BCUT2D eigenvalue weighted by Crippen LogP contribution is -2.33. The maximum absolute atomic E-state index is 12.1. The van der Waals surface area contributed by atoms with Gasteiger partial charge in [0.25, 0.3) is 5.69 Å². The van der Waals surface area contributed by atoms with Gasteiger partial charge in [0.2, 0.25) is 15.9 Å². The Bertz CT molecular complexity index is 1010. The van der Waals surface area contributed by atoms with Crippen LogP contribution in [0.4, 0.5) is 11.4 Å². The molecular formula is C22H29N3O6S. The van der Waals surface area contributed by atoms with Gasteiger partial charge in [-0.1, -0.05) is 31.5 Å². The molecule has 0 bridgehead atoms. The first-order valence-corrected chi connectivity index (χ1v) is 12.3. The highest BCUT2D eigenvalue weighted by Gasteiger charge is 2.19. The molecule has 1 amide bonds. The summed E-state index contributed by atoms with van der Waals surface area (Å²) in [5.41, 5.74) is 1.25. The number of ether oxygens (including phenoxy) is 1. The smallest absolute Gasteiger partial charge is 0.271 e. The van der Waals surface area contributed by atoms with E-state index in [0.717, 1.165) is 29.2 Å². The van der Waals surface area contributed by atoms with E-state index in [0.29, 0.717) is 13.2 Å². The minimum atomic E-state index is -3.66. The van der Waals surface area contributed by atoms with Gasteiger partial charge in [-0.15, -0.1) is 0 Å². The van der Waals surface area contributed by atoms with Crippen molar-refractivity contribution in [1.29, 1.82) is 0 Å². The van der Waals surface area contributed by atoms with Gasteiger partial charge in [-0.05, 0) is 36.6 Å². The van der Waals surface area contributed by atoms with Crippen LogP contribution < -0.4 is 14.4 Å². The Morgan fingerprint density at radius 3 is 2.53 bits per heavy atom.